The van der Waals surface area contributed by atoms with Crippen molar-refractivity contribution in [3.05, 3.63) is 17.5 Å². The van der Waals surface area contributed by atoms with Gasteiger partial charge < -0.3 is 9.80 Å². The van der Waals surface area contributed by atoms with Crippen molar-refractivity contribution in [1.29, 1.82) is 0 Å². The van der Waals surface area contributed by atoms with Crippen molar-refractivity contribution < 1.29 is 9.59 Å². The molecule has 0 aliphatic rings. The minimum absolute atomic E-state index is 0.0659. The number of H-pyrrole nitrogens is 1. The van der Waals surface area contributed by atoms with E-state index in [-0.39, 0.29) is 18.4 Å². The van der Waals surface area contributed by atoms with Gasteiger partial charge in [-0.25, -0.2) is 0 Å². The van der Waals surface area contributed by atoms with Gasteiger partial charge in [0.15, 0.2) is 0 Å². The summed E-state index contributed by atoms with van der Waals surface area (Å²) in [6, 6.07) is 0. The second-order valence-electron chi connectivity index (χ2n) is 3.86. The van der Waals surface area contributed by atoms with Gasteiger partial charge in [0.05, 0.1) is 18.3 Å². The molecule has 0 saturated carbocycles. The molecule has 0 bridgehead atoms. The Labute approximate surface area is 94.2 Å². The van der Waals surface area contributed by atoms with Crippen molar-refractivity contribution in [1.82, 2.24) is 20.0 Å². The molecule has 0 aliphatic heterocycles. The number of amides is 2. The summed E-state index contributed by atoms with van der Waals surface area (Å²) in [4.78, 5) is 26.1. The lowest BCUT2D eigenvalue weighted by molar-refractivity contribution is -0.129. The van der Waals surface area contributed by atoms with E-state index in [1.165, 1.54) is 16.0 Å². The molecule has 1 N–H and O–H groups in total. The van der Waals surface area contributed by atoms with E-state index in [0.29, 0.717) is 11.3 Å². The molecule has 6 heteroatoms. The smallest absolute Gasteiger partial charge is 0.257 e. The molecule has 2 amide bonds. The Hall–Kier alpha value is -1.85. The molecular weight excluding hydrogens is 208 g/mol. The Bertz CT molecular complexity index is 397. The Morgan fingerprint density at radius 1 is 1.38 bits per heavy atom. The number of nitrogens with one attached hydrogen (secondary N) is 1. The van der Waals surface area contributed by atoms with E-state index < -0.39 is 0 Å². The molecule has 0 aromatic carbocycles. The van der Waals surface area contributed by atoms with Gasteiger partial charge in [-0.3, -0.25) is 14.7 Å². The number of hydrogen-bond donors (Lipinski definition) is 1. The number of carbonyl (C=O) groups excluding carboxylic acids is 2. The Morgan fingerprint density at radius 2 is 2.00 bits per heavy atom. The lowest BCUT2D eigenvalue weighted by Gasteiger charge is -2.18. The van der Waals surface area contributed by atoms with E-state index in [4.69, 9.17) is 0 Å². The quantitative estimate of drug-likeness (QED) is 0.778. The molecule has 1 heterocycles. The predicted molar refractivity (Wildman–Crippen MR) is 59.0 cm³/mol. The summed E-state index contributed by atoms with van der Waals surface area (Å²) in [5.74, 6) is -0.321. The van der Waals surface area contributed by atoms with Gasteiger partial charge in [0.1, 0.15) is 0 Å². The SMILES string of the molecule is Cc1[nH]ncc1C(=O)N(C)CC(=O)N(C)C. The van der Waals surface area contributed by atoms with Crippen LogP contribution < -0.4 is 0 Å². The third kappa shape index (κ3) is 2.59. The van der Waals surface area contributed by atoms with Crippen LogP contribution in [0.1, 0.15) is 16.1 Å². The summed E-state index contributed by atoms with van der Waals surface area (Å²) in [5, 5.41) is 6.46. The minimum atomic E-state index is -0.207. The molecule has 1 aromatic heterocycles. The van der Waals surface area contributed by atoms with Crippen molar-refractivity contribution in [3.8, 4) is 0 Å². The van der Waals surface area contributed by atoms with Crippen LogP contribution in [0.25, 0.3) is 0 Å². The molecule has 0 atom stereocenters. The van der Waals surface area contributed by atoms with Crippen LogP contribution >= 0.6 is 0 Å². The summed E-state index contributed by atoms with van der Waals surface area (Å²) in [6.45, 7) is 1.83. The van der Waals surface area contributed by atoms with Gasteiger partial charge in [-0.15, -0.1) is 0 Å². The zero-order valence-electron chi connectivity index (χ0n) is 9.94. The van der Waals surface area contributed by atoms with Crippen LogP contribution in [0, 0.1) is 6.92 Å². The molecular formula is C10H16N4O2. The summed E-state index contributed by atoms with van der Waals surface area (Å²) >= 11 is 0. The Balaban J connectivity index is 2.69. The number of carbonyl (C=O) groups is 2. The molecule has 1 aromatic rings. The van der Waals surface area contributed by atoms with Crippen molar-refractivity contribution in [2.24, 2.45) is 0 Å². The average Bonchev–Trinajstić information content (AvgIpc) is 2.62. The zero-order valence-corrected chi connectivity index (χ0v) is 9.94. The van der Waals surface area contributed by atoms with Gasteiger partial charge >= 0.3 is 0 Å². The maximum absolute atomic E-state index is 11.9. The first-order valence-electron chi connectivity index (χ1n) is 4.89. The maximum Gasteiger partial charge on any atom is 0.257 e. The van der Waals surface area contributed by atoms with Gasteiger partial charge in [-0.2, -0.15) is 5.10 Å². The lowest BCUT2D eigenvalue weighted by atomic mass is 10.2. The van der Waals surface area contributed by atoms with E-state index in [9.17, 15) is 9.59 Å². The van der Waals surface area contributed by atoms with Crippen molar-refractivity contribution >= 4 is 11.8 Å². The van der Waals surface area contributed by atoms with Gasteiger partial charge in [0.25, 0.3) is 5.91 Å². The van der Waals surface area contributed by atoms with Crippen LogP contribution in [0.2, 0.25) is 0 Å². The van der Waals surface area contributed by atoms with Crippen LogP contribution in [0.15, 0.2) is 6.20 Å². The number of hydrogen-bond acceptors (Lipinski definition) is 3. The maximum atomic E-state index is 11.9. The van der Waals surface area contributed by atoms with E-state index in [2.05, 4.69) is 10.2 Å². The topological polar surface area (TPSA) is 69.3 Å². The fraction of sp³-hybridized carbons (Fsp3) is 0.500. The summed E-state index contributed by atoms with van der Waals surface area (Å²) < 4.78 is 0. The highest BCUT2D eigenvalue weighted by molar-refractivity contribution is 5.96. The first-order valence-corrected chi connectivity index (χ1v) is 4.89. The average molecular weight is 224 g/mol. The number of nitrogens with zero attached hydrogens (tertiary/aromatic N) is 3. The predicted octanol–water partition coefficient (Wildman–Crippen LogP) is -0.122. The third-order valence-corrected chi connectivity index (χ3v) is 2.28. The number of rotatable bonds is 3. The van der Waals surface area contributed by atoms with E-state index in [1.807, 2.05) is 0 Å². The van der Waals surface area contributed by atoms with E-state index in [1.54, 1.807) is 28.1 Å². The van der Waals surface area contributed by atoms with Crippen LogP contribution in [0.5, 0.6) is 0 Å². The first kappa shape index (κ1) is 12.2. The van der Waals surface area contributed by atoms with Crippen LogP contribution in [-0.2, 0) is 4.79 Å². The zero-order chi connectivity index (χ0) is 12.3. The second kappa shape index (κ2) is 4.78. The molecule has 0 aliphatic carbocycles. The molecule has 16 heavy (non-hydrogen) atoms. The minimum Gasteiger partial charge on any atom is -0.347 e. The first-order chi connectivity index (χ1) is 7.43. The summed E-state index contributed by atoms with van der Waals surface area (Å²) in [7, 11) is 4.91. The second-order valence-corrected chi connectivity index (χ2v) is 3.86. The molecule has 6 nitrogen and oxygen atoms in total. The molecule has 0 radical (unpaired) electrons. The van der Waals surface area contributed by atoms with Crippen LogP contribution in [0.4, 0.5) is 0 Å². The van der Waals surface area contributed by atoms with Gasteiger partial charge in [-0.05, 0) is 6.92 Å². The highest BCUT2D eigenvalue weighted by Crippen LogP contribution is 2.06. The molecule has 0 unspecified atom stereocenters. The Morgan fingerprint density at radius 3 is 2.44 bits per heavy atom. The number of aryl methyl sites for hydroxylation is 1. The van der Waals surface area contributed by atoms with Gasteiger partial charge in [0, 0.05) is 26.8 Å². The lowest BCUT2D eigenvalue weighted by Crippen LogP contribution is -2.37. The molecule has 1 rings (SSSR count). The van der Waals surface area contributed by atoms with Crippen LogP contribution in [-0.4, -0.2) is 59.5 Å². The fourth-order valence-corrected chi connectivity index (χ4v) is 1.19. The highest BCUT2D eigenvalue weighted by atomic mass is 16.2. The standard InChI is InChI=1S/C10H16N4O2/c1-7-8(5-11-12-7)10(16)14(4)6-9(15)13(2)3/h5H,6H2,1-4H3,(H,11,12). The monoisotopic (exact) mass is 224 g/mol. The highest BCUT2D eigenvalue weighted by Gasteiger charge is 2.18. The third-order valence-electron chi connectivity index (χ3n) is 2.28. The van der Waals surface area contributed by atoms with Crippen molar-refractivity contribution in [2.75, 3.05) is 27.7 Å². The molecule has 0 fully saturated rings. The molecule has 88 valence electrons. The summed E-state index contributed by atoms with van der Waals surface area (Å²) in [6.07, 6.45) is 1.47. The molecule has 0 saturated heterocycles. The van der Waals surface area contributed by atoms with Crippen molar-refractivity contribution in [2.45, 2.75) is 6.92 Å². The Kier molecular flexibility index (Phi) is 3.65. The van der Waals surface area contributed by atoms with Gasteiger partial charge in [0.2, 0.25) is 5.91 Å². The summed E-state index contributed by atoms with van der Waals surface area (Å²) in [5.41, 5.74) is 1.20. The fourth-order valence-electron chi connectivity index (χ4n) is 1.19. The number of likely N-dealkylation sites (N-methyl/N-ethyl adjacent to an activating group) is 2. The largest absolute Gasteiger partial charge is 0.347 e. The van der Waals surface area contributed by atoms with Gasteiger partial charge in [-0.1, -0.05) is 0 Å². The number of aromatic nitrogens is 2. The van der Waals surface area contributed by atoms with E-state index >= 15 is 0 Å². The van der Waals surface area contributed by atoms with Crippen LogP contribution in [0.3, 0.4) is 0 Å². The normalized spacial score (nSPS) is 10.0. The van der Waals surface area contributed by atoms with Crippen molar-refractivity contribution in [3.63, 3.8) is 0 Å². The molecule has 0 spiro atoms. The number of aromatic amines is 1. The van der Waals surface area contributed by atoms with E-state index in [0.717, 1.165) is 0 Å².